The van der Waals surface area contributed by atoms with Gasteiger partial charge in [-0.15, -0.1) is 0 Å². The molecule has 84 valence electrons. The molecule has 1 aromatic rings. The molecule has 1 atom stereocenters. The van der Waals surface area contributed by atoms with E-state index in [4.69, 9.17) is 5.26 Å². The van der Waals surface area contributed by atoms with Crippen LogP contribution in [0.15, 0.2) is 18.3 Å². The van der Waals surface area contributed by atoms with Crippen LogP contribution in [0, 0.1) is 17.2 Å². The third-order valence-corrected chi connectivity index (χ3v) is 2.86. The van der Waals surface area contributed by atoms with Crippen molar-refractivity contribution >= 4 is 5.82 Å². The standard InChI is InChI=1S/C12H16N4/c13-7-10-3-5-15-12(6-10)16-9-11-2-1-4-14-8-11/h3,5-6,11,14H,1-2,4,8-9H2,(H,15,16)/t11-/m0/s1. The smallest absolute Gasteiger partial charge is 0.127 e. The fourth-order valence-electron chi connectivity index (χ4n) is 1.94. The molecule has 0 saturated carbocycles. The zero-order valence-electron chi connectivity index (χ0n) is 9.24. The highest BCUT2D eigenvalue weighted by molar-refractivity contribution is 5.42. The van der Waals surface area contributed by atoms with Crippen LogP contribution in [0.4, 0.5) is 5.82 Å². The molecule has 1 saturated heterocycles. The first-order valence-electron chi connectivity index (χ1n) is 5.69. The minimum absolute atomic E-state index is 0.652. The maximum atomic E-state index is 8.76. The molecule has 0 aromatic carbocycles. The van der Waals surface area contributed by atoms with E-state index in [2.05, 4.69) is 21.7 Å². The minimum Gasteiger partial charge on any atom is -0.370 e. The van der Waals surface area contributed by atoms with Crippen molar-refractivity contribution in [2.45, 2.75) is 12.8 Å². The molecular weight excluding hydrogens is 200 g/mol. The van der Waals surface area contributed by atoms with Gasteiger partial charge < -0.3 is 10.6 Å². The Bertz CT molecular complexity index is 377. The van der Waals surface area contributed by atoms with Gasteiger partial charge in [0.1, 0.15) is 5.82 Å². The molecule has 1 fully saturated rings. The van der Waals surface area contributed by atoms with Gasteiger partial charge >= 0.3 is 0 Å². The Balaban J connectivity index is 1.86. The molecule has 2 rings (SSSR count). The average molecular weight is 216 g/mol. The Labute approximate surface area is 95.7 Å². The van der Waals surface area contributed by atoms with Gasteiger partial charge in [0.25, 0.3) is 0 Å². The number of nitriles is 1. The summed E-state index contributed by atoms with van der Waals surface area (Å²) in [5.41, 5.74) is 0.652. The predicted molar refractivity (Wildman–Crippen MR) is 63.0 cm³/mol. The average Bonchev–Trinajstić information content (AvgIpc) is 2.38. The second-order valence-electron chi connectivity index (χ2n) is 4.13. The molecule has 2 N–H and O–H groups in total. The van der Waals surface area contributed by atoms with Crippen LogP contribution in [0.25, 0.3) is 0 Å². The summed E-state index contributed by atoms with van der Waals surface area (Å²) in [7, 11) is 0. The lowest BCUT2D eigenvalue weighted by Gasteiger charge is -2.23. The van der Waals surface area contributed by atoms with Gasteiger partial charge in [-0.1, -0.05) is 0 Å². The van der Waals surface area contributed by atoms with E-state index in [1.807, 2.05) is 0 Å². The number of pyridine rings is 1. The van der Waals surface area contributed by atoms with Crippen LogP contribution in [0.3, 0.4) is 0 Å². The Morgan fingerprint density at radius 2 is 2.56 bits per heavy atom. The van der Waals surface area contributed by atoms with Crippen molar-refractivity contribution in [1.29, 1.82) is 5.26 Å². The second-order valence-corrected chi connectivity index (χ2v) is 4.13. The summed E-state index contributed by atoms with van der Waals surface area (Å²) in [5, 5.41) is 15.4. The van der Waals surface area contributed by atoms with Crippen molar-refractivity contribution in [3.05, 3.63) is 23.9 Å². The van der Waals surface area contributed by atoms with Crippen molar-refractivity contribution < 1.29 is 0 Å². The Morgan fingerprint density at radius 1 is 1.62 bits per heavy atom. The fourth-order valence-corrected chi connectivity index (χ4v) is 1.94. The molecule has 0 radical (unpaired) electrons. The highest BCUT2D eigenvalue weighted by Crippen LogP contribution is 2.12. The molecule has 0 unspecified atom stereocenters. The predicted octanol–water partition coefficient (Wildman–Crippen LogP) is 1.36. The van der Waals surface area contributed by atoms with Gasteiger partial charge in [-0.25, -0.2) is 4.98 Å². The summed E-state index contributed by atoms with van der Waals surface area (Å²) in [6.45, 7) is 3.14. The van der Waals surface area contributed by atoms with Crippen LogP contribution in [0.1, 0.15) is 18.4 Å². The molecule has 1 aliphatic heterocycles. The molecule has 4 heteroatoms. The normalized spacial score (nSPS) is 20.1. The molecule has 0 bridgehead atoms. The van der Waals surface area contributed by atoms with E-state index in [9.17, 15) is 0 Å². The number of rotatable bonds is 3. The van der Waals surface area contributed by atoms with Crippen molar-refractivity contribution in [1.82, 2.24) is 10.3 Å². The van der Waals surface area contributed by atoms with Crippen LogP contribution in [-0.4, -0.2) is 24.6 Å². The lowest BCUT2D eigenvalue weighted by Crippen LogP contribution is -2.33. The van der Waals surface area contributed by atoms with Crippen molar-refractivity contribution in [3.8, 4) is 6.07 Å². The number of nitrogens with one attached hydrogen (secondary N) is 2. The number of nitrogens with zero attached hydrogens (tertiary/aromatic N) is 2. The van der Waals surface area contributed by atoms with Crippen molar-refractivity contribution in [2.75, 3.05) is 25.0 Å². The summed E-state index contributed by atoms with van der Waals surface area (Å²) in [6.07, 6.45) is 4.18. The molecule has 16 heavy (non-hydrogen) atoms. The summed E-state index contributed by atoms with van der Waals surface area (Å²) in [5.74, 6) is 1.46. The lowest BCUT2D eigenvalue weighted by atomic mass is 10.00. The van der Waals surface area contributed by atoms with Gasteiger partial charge in [-0.2, -0.15) is 5.26 Å². The molecule has 1 aromatic heterocycles. The fraction of sp³-hybridized carbons (Fsp3) is 0.500. The van der Waals surface area contributed by atoms with Crippen molar-refractivity contribution in [3.63, 3.8) is 0 Å². The van der Waals surface area contributed by atoms with Crippen LogP contribution >= 0.6 is 0 Å². The van der Waals surface area contributed by atoms with Crippen LogP contribution in [0.2, 0.25) is 0 Å². The van der Waals surface area contributed by atoms with Gasteiger partial charge in [-0.3, -0.25) is 0 Å². The maximum Gasteiger partial charge on any atom is 0.127 e. The van der Waals surface area contributed by atoms with E-state index < -0.39 is 0 Å². The molecule has 4 nitrogen and oxygen atoms in total. The number of aromatic nitrogens is 1. The zero-order chi connectivity index (χ0) is 11.2. The van der Waals surface area contributed by atoms with Gasteiger partial charge in [0, 0.05) is 12.7 Å². The second kappa shape index (κ2) is 5.47. The third kappa shape index (κ3) is 2.94. The summed E-state index contributed by atoms with van der Waals surface area (Å²) >= 11 is 0. The Kier molecular flexibility index (Phi) is 3.73. The maximum absolute atomic E-state index is 8.76. The van der Waals surface area contributed by atoms with Crippen molar-refractivity contribution in [2.24, 2.45) is 5.92 Å². The molecular formula is C12H16N4. The lowest BCUT2D eigenvalue weighted by molar-refractivity contribution is 0.392. The molecule has 0 aliphatic carbocycles. The first-order chi connectivity index (χ1) is 7.88. The zero-order valence-corrected chi connectivity index (χ0v) is 9.24. The minimum atomic E-state index is 0.652. The van der Waals surface area contributed by atoms with Crippen LogP contribution in [0.5, 0.6) is 0 Å². The Hall–Kier alpha value is -1.60. The topological polar surface area (TPSA) is 60.7 Å². The summed E-state index contributed by atoms with van der Waals surface area (Å²) < 4.78 is 0. The van der Waals surface area contributed by atoms with Crippen LogP contribution < -0.4 is 10.6 Å². The quantitative estimate of drug-likeness (QED) is 0.801. The van der Waals surface area contributed by atoms with E-state index in [1.165, 1.54) is 12.8 Å². The van der Waals surface area contributed by atoms with E-state index >= 15 is 0 Å². The highest BCUT2D eigenvalue weighted by Gasteiger charge is 2.12. The monoisotopic (exact) mass is 216 g/mol. The largest absolute Gasteiger partial charge is 0.370 e. The van der Waals surface area contributed by atoms with Gasteiger partial charge in [0.05, 0.1) is 11.6 Å². The van der Waals surface area contributed by atoms with E-state index in [1.54, 1.807) is 18.3 Å². The van der Waals surface area contributed by atoms with Gasteiger partial charge in [-0.05, 0) is 44.0 Å². The van der Waals surface area contributed by atoms with Gasteiger partial charge in [0.2, 0.25) is 0 Å². The third-order valence-electron chi connectivity index (χ3n) is 2.86. The molecule has 0 spiro atoms. The first-order valence-corrected chi connectivity index (χ1v) is 5.69. The molecule has 1 aliphatic rings. The summed E-state index contributed by atoms with van der Waals surface area (Å²) in [6, 6.07) is 5.62. The van der Waals surface area contributed by atoms with Crippen LogP contribution in [-0.2, 0) is 0 Å². The molecule has 0 amide bonds. The summed E-state index contributed by atoms with van der Waals surface area (Å²) in [4.78, 5) is 4.19. The SMILES string of the molecule is N#Cc1ccnc(NC[C@H]2CCCNC2)c1. The highest BCUT2D eigenvalue weighted by atomic mass is 15.0. The first kappa shape index (κ1) is 10.9. The molecule has 2 heterocycles. The van der Waals surface area contributed by atoms with E-state index in [0.29, 0.717) is 11.5 Å². The number of hydrogen-bond acceptors (Lipinski definition) is 4. The van der Waals surface area contributed by atoms with E-state index in [-0.39, 0.29) is 0 Å². The number of anilines is 1. The van der Waals surface area contributed by atoms with E-state index in [0.717, 1.165) is 25.5 Å². The van der Waals surface area contributed by atoms with Gasteiger partial charge in [0.15, 0.2) is 0 Å². The number of hydrogen-bond donors (Lipinski definition) is 2. The Morgan fingerprint density at radius 3 is 3.31 bits per heavy atom. The number of piperidine rings is 1.